The molecule has 0 saturated heterocycles. The van der Waals surface area contributed by atoms with E-state index in [0.29, 0.717) is 11.5 Å². The van der Waals surface area contributed by atoms with Gasteiger partial charge < -0.3 is 14.5 Å². The van der Waals surface area contributed by atoms with Crippen molar-refractivity contribution in [2.24, 2.45) is 0 Å². The number of rotatable bonds is 4. The van der Waals surface area contributed by atoms with E-state index < -0.39 is 0 Å². The van der Waals surface area contributed by atoms with Crippen LogP contribution in [0.1, 0.15) is 118 Å². The van der Waals surface area contributed by atoms with Gasteiger partial charge >= 0.3 is 0 Å². The number of para-hydroxylation sites is 2. The number of benzene rings is 5. The van der Waals surface area contributed by atoms with E-state index in [1.54, 1.807) is 0 Å². The molecule has 3 heterocycles. The van der Waals surface area contributed by atoms with Gasteiger partial charge in [0.1, 0.15) is 0 Å². The van der Waals surface area contributed by atoms with Crippen molar-refractivity contribution in [3.05, 3.63) is 138 Å². The summed E-state index contributed by atoms with van der Waals surface area (Å²) in [7, 11) is 0. The van der Waals surface area contributed by atoms with Crippen molar-refractivity contribution in [1.82, 2.24) is 9.61 Å². The van der Waals surface area contributed by atoms with Crippen molar-refractivity contribution >= 4 is 49.9 Å². The molecule has 0 fully saturated rings. The first-order valence-corrected chi connectivity index (χ1v) is 20.4. The first-order chi connectivity index (χ1) is 26.6. The number of hydrogen-bond donors (Lipinski definition) is 0. The number of hydrogen-bond acceptors (Lipinski definition) is 4. The SMILES string of the molecule is CC(C)(C)c1cc(Oc2[c-]c3c(cc2)c2cccc4c2c2c(cnn32)C(C)(C)C4(C)C)[c-]c(N2[CH-]N(c3cc(C(C)(C)C)cc(C(C)(C)C)c3)c3ccccc32)c1.[Pt]. The van der Waals surface area contributed by atoms with Crippen molar-refractivity contribution < 1.29 is 25.8 Å². The molecule has 1 aliphatic heterocycles. The number of anilines is 4. The quantitative estimate of drug-likeness (QED) is 0.130. The minimum Gasteiger partial charge on any atom is -0.509 e. The topological polar surface area (TPSA) is 33.0 Å². The third kappa shape index (κ3) is 6.18. The summed E-state index contributed by atoms with van der Waals surface area (Å²) in [4.78, 5) is 4.58. The summed E-state index contributed by atoms with van der Waals surface area (Å²) in [5.74, 6) is 1.27. The Morgan fingerprint density at radius 3 is 1.84 bits per heavy atom. The van der Waals surface area contributed by atoms with E-state index in [1.807, 2.05) is 6.07 Å². The number of fused-ring (bicyclic) bond motifs is 4. The summed E-state index contributed by atoms with van der Waals surface area (Å²) in [5, 5.41) is 8.64. The van der Waals surface area contributed by atoms with Crippen LogP contribution in [-0.2, 0) is 48.1 Å². The molecule has 0 atom stereocenters. The summed E-state index contributed by atoms with van der Waals surface area (Å²) in [6.07, 6.45) is 2.07. The van der Waals surface area contributed by atoms with E-state index >= 15 is 0 Å². The van der Waals surface area contributed by atoms with Crippen LogP contribution in [0.15, 0.2) is 91.1 Å². The normalized spacial score (nSPS) is 16.0. The molecule has 5 aromatic carbocycles. The maximum absolute atomic E-state index is 6.80. The Bertz CT molecular complexity index is 2740. The van der Waals surface area contributed by atoms with Gasteiger partial charge in [0, 0.05) is 60.6 Å². The third-order valence-corrected chi connectivity index (χ3v) is 13.1. The summed E-state index contributed by atoms with van der Waals surface area (Å²) in [6, 6.07) is 38.4. The van der Waals surface area contributed by atoms with Crippen LogP contribution in [-0.4, -0.2) is 9.61 Å². The standard InChI is InChI=1S/C52H55N4O.Pt/c1-48(2,3)32-23-33(49(4,5)6)25-35(24-32)54-31-55(44-20-15-14-19-43(44)54)36-26-34(50(7,8)9)27-38(28-36)57-37-21-22-39-40-17-16-18-41-46(40)47-42(52(12,13)51(41,10)11)30-53-56(47)45(39)29-37;/h14-27,30-31H,1-13H3;/q-3;. The van der Waals surface area contributed by atoms with Crippen molar-refractivity contribution in [1.29, 1.82) is 0 Å². The zero-order chi connectivity index (χ0) is 40.6. The van der Waals surface area contributed by atoms with Crippen molar-refractivity contribution in [2.45, 2.75) is 117 Å². The maximum Gasteiger partial charge on any atom is 0.0752 e. The monoisotopic (exact) mass is 946 g/mol. The average Bonchev–Trinajstić information content (AvgIpc) is 3.77. The molecule has 302 valence electrons. The second kappa shape index (κ2) is 13.2. The molecule has 0 bridgehead atoms. The van der Waals surface area contributed by atoms with Gasteiger partial charge in [0.25, 0.3) is 0 Å². The largest absolute Gasteiger partial charge is 0.509 e. The molecule has 1 aliphatic carbocycles. The zero-order valence-corrected chi connectivity index (χ0v) is 38.5. The van der Waals surface area contributed by atoms with Crippen LogP contribution in [0, 0.1) is 18.8 Å². The van der Waals surface area contributed by atoms with E-state index in [9.17, 15) is 0 Å². The molecule has 0 unspecified atom stereocenters. The van der Waals surface area contributed by atoms with Gasteiger partial charge in [-0.1, -0.05) is 132 Å². The molecule has 2 aliphatic rings. The van der Waals surface area contributed by atoms with E-state index in [4.69, 9.17) is 9.84 Å². The molecule has 58 heavy (non-hydrogen) atoms. The van der Waals surface area contributed by atoms with Crippen LogP contribution in [0.25, 0.3) is 27.2 Å². The Morgan fingerprint density at radius 1 is 0.603 bits per heavy atom. The average molecular weight is 947 g/mol. The maximum atomic E-state index is 6.80. The van der Waals surface area contributed by atoms with Crippen LogP contribution in [0.5, 0.6) is 11.5 Å². The van der Waals surface area contributed by atoms with Crippen LogP contribution in [0.3, 0.4) is 0 Å². The van der Waals surface area contributed by atoms with Crippen LogP contribution >= 0.6 is 0 Å². The van der Waals surface area contributed by atoms with E-state index in [2.05, 4.69) is 208 Å². The van der Waals surface area contributed by atoms with Gasteiger partial charge in [-0.3, -0.25) is 4.52 Å². The summed E-state index contributed by atoms with van der Waals surface area (Å²) in [6.45, 7) is 32.1. The fourth-order valence-electron chi connectivity index (χ4n) is 8.74. The van der Waals surface area contributed by atoms with Crippen LogP contribution in [0.2, 0.25) is 0 Å². The van der Waals surface area contributed by atoms with Gasteiger partial charge in [0.2, 0.25) is 0 Å². The first kappa shape index (κ1) is 40.2. The van der Waals surface area contributed by atoms with E-state index in [1.165, 1.54) is 38.5 Å². The molecule has 2 aromatic heterocycles. The summed E-state index contributed by atoms with van der Waals surface area (Å²) in [5.41, 5.74) is 12.5. The minimum atomic E-state index is -0.140. The smallest absolute Gasteiger partial charge is 0.0752 e. The third-order valence-electron chi connectivity index (χ3n) is 13.1. The van der Waals surface area contributed by atoms with Gasteiger partial charge in [-0.2, -0.15) is 11.2 Å². The molecular formula is C52H55N4OPt-3. The minimum absolute atomic E-state index is 0. The molecule has 9 rings (SSSR count). The van der Waals surface area contributed by atoms with Gasteiger partial charge in [-0.05, 0) is 73.5 Å². The van der Waals surface area contributed by atoms with Crippen LogP contribution in [0.4, 0.5) is 22.7 Å². The fourth-order valence-corrected chi connectivity index (χ4v) is 8.74. The molecule has 6 heteroatoms. The molecule has 0 spiro atoms. The number of nitrogens with zero attached hydrogens (tertiary/aromatic N) is 4. The van der Waals surface area contributed by atoms with Gasteiger partial charge in [-0.15, -0.1) is 53.6 Å². The van der Waals surface area contributed by atoms with Gasteiger partial charge in [0.05, 0.1) is 11.7 Å². The number of pyridine rings is 1. The number of aromatic nitrogens is 2. The molecule has 5 nitrogen and oxygen atoms in total. The van der Waals surface area contributed by atoms with Crippen LogP contribution < -0.4 is 14.5 Å². The first-order valence-electron chi connectivity index (χ1n) is 20.4. The van der Waals surface area contributed by atoms with E-state index in [-0.39, 0.29) is 48.1 Å². The van der Waals surface area contributed by atoms with Crippen molar-refractivity contribution in [2.75, 3.05) is 9.80 Å². The van der Waals surface area contributed by atoms with Crippen molar-refractivity contribution in [3.63, 3.8) is 0 Å². The van der Waals surface area contributed by atoms with Gasteiger partial charge in [-0.25, -0.2) is 0 Å². The molecule has 0 amide bonds. The Labute approximate surface area is 359 Å². The second-order valence-electron chi connectivity index (χ2n) is 20.5. The Kier molecular flexibility index (Phi) is 9.15. The second-order valence-corrected chi connectivity index (χ2v) is 20.5. The zero-order valence-electron chi connectivity index (χ0n) is 36.3. The molecular weight excluding hydrogens is 892 g/mol. The fraction of sp³-hybridized carbons (Fsp3) is 0.346. The Hall–Kier alpha value is -4.60. The summed E-state index contributed by atoms with van der Waals surface area (Å²) < 4.78 is 8.89. The van der Waals surface area contributed by atoms with E-state index in [0.717, 1.165) is 39.2 Å². The molecule has 7 aromatic rings. The Morgan fingerprint density at radius 2 is 1.21 bits per heavy atom. The Balaban J connectivity index is 0.00000469. The number of ether oxygens (including phenoxy) is 1. The summed E-state index contributed by atoms with van der Waals surface area (Å²) >= 11 is 0. The van der Waals surface area contributed by atoms with Crippen molar-refractivity contribution in [3.8, 4) is 11.5 Å². The molecule has 0 radical (unpaired) electrons. The van der Waals surface area contributed by atoms with Gasteiger partial charge in [0.15, 0.2) is 0 Å². The molecule has 0 saturated carbocycles. The predicted molar refractivity (Wildman–Crippen MR) is 238 cm³/mol. The molecule has 0 N–H and O–H groups in total. The predicted octanol–water partition coefficient (Wildman–Crippen LogP) is 13.9.